The molecule has 0 aliphatic heterocycles. The van der Waals surface area contributed by atoms with E-state index >= 15 is 0 Å². The summed E-state index contributed by atoms with van der Waals surface area (Å²) in [7, 11) is 0. The van der Waals surface area contributed by atoms with Crippen LogP contribution >= 0.6 is 0 Å². The van der Waals surface area contributed by atoms with Gasteiger partial charge in [0.1, 0.15) is 0 Å². The van der Waals surface area contributed by atoms with Crippen LogP contribution in [-0.2, 0) is 0 Å². The maximum absolute atomic E-state index is 5.17. The summed E-state index contributed by atoms with van der Waals surface area (Å²) in [6.45, 7) is 9.00. The van der Waals surface area contributed by atoms with Crippen LogP contribution in [0.1, 0.15) is 29.1 Å². The van der Waals surface area contributed by atoms with Gasteiger partial charge < -0.3 is 5.73 Å². The molecule has 0 heterocycles. The molecule has 0 saturated carbocycles. The van der Waals surface area contributed by atoms with Crippen LogP contribution in [-0.4, -0.2) is 6.54 Å². The second-order valence-corrected chi connectivity index (χ2v) is 1.63. The molecule has 0 atom stereocenters. The minimum Gasteiger partial charge on any atom is -0.330 e. The van der Waals surface area contributed by atoms with Gasteiger partial charge in [-0.1, -0.05) is 27.7 Å². The molecule has 0 aliphatic carbocycles. The van der Waals surface area contributed by atoms with Crippen LogP contribution in [0.4, 0.5) is 0 Å². The quantitative estimate of drug-likeness (QED) is 0.541. The molecule has 2 N–H and O–H groups in total. The van der Waals surface area contributed by atoms with E-state index in [1.54, 1.807) is 0 Å². The molecular formula is C6H19N. The van der Waals surface area contributed by atoms with Crippen LogP contribution in [0.15, 0.2) is 0 Å². The van der Waals surface area contributed by atoms with Crippen molar-refractivity contribution in [1.82, 2.24) is 0 Å². The van der Waals surface area contributed by atoms with E-state index < -0.39 is 0 Å². The van der Waals surface area contributed by atoms with Gasteiger partial charge in [-0.15, -0.1) is 0 Å². The average molecular weight is 105 g/mol. The first-order valence-corrected chi connectivity index (χ1v) is 2.97. The Bertz CT molecular complexity index is 22.5. The highest BCUT2D eigenvalue weighted by molar-refractivity contribution is 4.38. The van der Waals surface area contributed by atoms with Crippen LogP contribution < -0.4 is 5.73 Å². The molecule has 0 bridgehead atoms. The van der Waals surface area contributed by atoms with Crippen LogP contribution in [0.3, 0.4) is 0 Å². The highest BCUT2D eigenvalue weighted by Gasteiger charge is 1.80. The van der Waals surface area contributed by atoms with Gasteiger partial charge in [0, 0.05) is 1.43 Å². The SMILES string of the molecule is CC.CC(C)CN.[HH]. The van der Waals surface area contributed by atoms with Gasteiger partial charge in [-0.2, -0.15) is 0 Å². The molecule has 1 heteroatoms. The minimum absolute atomic E-state index is 0. The van der Waals surface area contributed by atoms with E-state index in [2.05, 4.69) is 13.8 Å². The van der Waals surface area contributed by atoms with E-state index in [9.17, 15) is 0 Å². The van der Waals surface area contributed by atoms with Crippen molar-refractivity contribution < 1.29 is 1.43 Å². The first-order chi connectivity index (χ1) is 3.27. The van der Waals surface area contributed by atoms with Crippen molar-refractivity contribution in [2.24, 2.45) is 11.7 Å². The number of hydrogen-bond donors (Lipinski definition) is 1. The smallest absolute Gasteiger partial charge is 0 e. The third-order valence-corrected chi connectivity index (χ3v) is 0.471. The van der Waals surface area contributed by atoms with E-state index in [0.29, 0.717) is 5.92 Å². The standard InChI is InChI=1S/C4H11N.C2H6.H2/c1-4(2)3-5;1-2;/h4H,3,5H2,1-2H3;1-2H3;1H. The predicted octanol–water partition coefficient (Wildman–Crippen LogP) is 1.87. The Hall–Kier alpha value is -0.0400. The molecule has 0 fully saturated rings. The van der Waals surface area contributed by atoms with Gasteiger partial charge in [-0.05, 0) is 12.5 Å². The Kier molecular flexibility index (Phi) is 13.4. The Labute approximate surface area is 48.4 Å². The summed E-state index contributed by atoms with van der Waals surface area (Å²) in [4.78, 5) is 0. The van der Waals surface area contributed by atoms with Crippen LogP contribution in [0.5, 0.6) is 0 Å². The molecule has 0 aromatic carbocycles. The lowest BCUT2D eigenvalue weighted by Gasteiger charge is -1.91. The maximum atomic E-state index is 5.17. The van der Waals surface area contributed by atoms with Gasteiger partial charge in [0.15, 0.2) is 0 Å². The predicted molar refractivity (Wildman–Crippen MR) is 37.4 cm³/mol. The van der Waals surface area contributed by atoms with Crippen molar-refractivity contribution in [3.63, 3.8) is 0 Å². The molecule has 0 rings (SSSR count). The van der Waals surface area contributed by atoms with Crippen molar-refractivity contribution in [2.75, 3.05) is 6.54 Å². The van der Waals surface area contributed by atoms with Gasteiger partial charge in [0.2, 0.25) is 0 Å². The number of nitrogens with two attached hydrogens (primary N) is 1. The molecule has 0 aromatic rings. The summed E-state index contributed by atoms with van der Waals surface area (Å²) in [5.41, 5.74) is 5.17. The van der Waals surface area contributed by atoms with Crippen LogP contribution in [0.2, 0.25) is 0 Å². The molecule has 0 saturated heterocycles. The molecule has 1 nitrogen and oxygen atoms in total. The molecule has 7 heavy (non-hydrogen) atoms. The van der Waals surface area contributed by atoms with E-state index in [1.165, 1.54) is 0 Å². The number of rotatable bonds is 1. The zero-order valence-corrected chi connectivity index (χ0v) is 5.86. The molecular weight excluding hydrogens is 86.1 g/mol. The summed E-state index contributed by atoms with van der Waals surface area (Å²) >= 11 is 0. The Morgan fingerprint density at radius 2 is 1.57 bits per heavy atom. The second kappa shape index (κ2) is 9.35. The van der Waals surface area contributed by atoms with Crippen molar-refractivity contribution in [1.29, 1.82) is 0 Å². The summed E-state index contributed by atoms with van der Waals surface area (Å²) in [5.74, 6) is 0.662. The van der Waals surface area contributed by atoms with Gasteiger partial charge in [0.05, 0.1) is 0 Å². The van der Waals surface area contributed by atoms with Crippen molar-refractivity contribution in [3.8, 4) is 0 Å². The van der Waals surface area contributed by atoms with Crippen LogP contribution in [0.25, 0.3) is 0 Å². The van der Waals surface area contributed by atoms with Crippen molar-refractivity contribution >= 4 is 0 Å². The third kappa shape index (κ3) is 24.3. The molecule has 0 aliphatic rings. The molecule has 0 aromatic heterocycles. The fourth-order valence-corrected chi connectivity index (χ4v) is 0. The average Bonchev–Trinajstić information content (AvgIpc) is 1.73. The van der Waals surface area contributed by atoms with Gasteiger partial charge in [-0.3, -0.25) is 0 Å². The van der Waals surface area contributed by atoms with Gasteiger partial charge in [0.25, 0.3) is 0 Å². The van der Waals surface area contributed by atoms with Gasteiger partial charge in [-0.25, -0.2) is 0 Å². The first kappa shape index (κ1) is 10.0. The molecule has 0 unspecified atom stereocenters. The fraction of sp³-hybridized carbons (Fsp3) is 1.00. The van der Waals surface area contributed by atoms with E-state index in [0.717, 1.165) is 6.54 Å². The lowest BCUT2D eigenvalue weighted by atomic mass is 10.2. The topological polar surface area (TPSA) is 26.0 Å². The molecule has 0 radical (unpaired) electrons. The summed E-state index contributed by atoms with van der Waals surface area (Å²) in [5, 5.41) is 0. The molecule has 48 valence electrons. The zero-order chi connectivity index (χ0) is 6.28. The van der Waals surface area contributed by atoms with Crippen molar-refractivity contribution in [2.45, 2.75) is 27.7 Å². The first-order valence-electron chi connectivity index (χ1n) is 2.97. The van der Waals surface area contributed by atoms with E-state index in [-0.39, 0.29) is 1.43 Å². The Balaban J connectivity index is -0.0000000750. The van der Waals surface area contributed by atoms with E-state index in [4.69, 9.17) is 5.73 Å². The van der Waals surface area contributed by atoms with Crippen LogP contribution in [0, 0.1) is 5.92 Å². The fourth-order valence-electron chi connectivity index (χ4n) is 0. The Morgan fingerprint density at radius 1 is 1.43 bits per heavy atom. The molecule has 0 amide bonds. The lowest BCUT2D eigenvalue weighted by molar-refractivity contribution is 0.664. The minimum atomic E-state index is 0. The normalized spacial score (nSPS) is 7.71. The van der Waals surface area contributed by atoms with Crippen molar-refractivity contribution in [3.05, 3.63) is 0 Å². The third-order valence-electron chi connectivity index (χ3n) is 0.471. The summed E-state index contributed by atoms with van der Waals surface area (Å²) < 4.78 is 0. The largest absolute Gasteiger partial charge is 0.330 e. The lowest BCUT2D eigenvalue weighted by Crippen LogP contribution is -2.05. The summed E-state index contributed by atoms with van der Waals surface area (Å²) in [6, 6.07) is 0. The zero-order valence-electron chi connectivity index (χ0n) is 5.86. The van der Waals surface area contributed by atoms with Gasteiger partial charge >= 0.3 is 0 Å². The molecule has 0 spiro atoms. The second-order valence-electron chi connectivity index (χ2n) is 1.63. The Morgan fingerprint density at radius 3 is 1.57 bits per heavy atom. The monoisotopic (exact) mass is 105 g/mol. The van der Waals surface area contributed by atoms with E-state index in [1.807, 2.05) is 13.8 Å². The summed E-state index contributed by atoms with van der Waals surface area (Å²) in [6.07, 6.45) is 0. The highest BCUT2D eigenvalue weighted by atomic mass is 14.5. The number of hydrogen-bond acceptors (Lipinski definition) is 1. The maximum Gasteiger partial charge on any atom is 0 e. The highest BCUT2D eigenvalue weighted by Crippen LogP contribution is 1.81.